The van der Waals surface area contributed by atoms with Crippen LogP contribution in [0.5, 0.6) is 0 Å². The van der Waals surface area contributed by atoms with E-state index < -0.39 is 0 Å². The second kappa shape index (κ2) is 3.88. The molecular formula is C13H14N4O. The molecular weight excluding hydrogens is 228 g/mol. The molecule has 2 aliphatic rings. The van der Waals surface area contributed by atoms with Gasteiger partial charge in [-0.3, -0.25) is 4.98 Å². The first kappa shape index (κ1) is 10.2. The summed E-state index contributed by atoms with van der Waals surface area (Å²) < 4.78 is 5.86. The normalized spacial score (nSPS) is 26.8. The monoisotopic (exact) mass is 242 g/mol. The van der Waals surface area contributed by atoms with E-state index in [1.165, 1.54) is 12.8 Å². The molecule has 5 heteroatoms. The minimum absolute atomic E-state index is 0.366. The highest BCUT2D eigenvalue weighted by Crippen LogP contribution is 2.31. The lowest BCUT2D eigenvalue weighted by molar-refractivity contribution is 0.0303. The first-order valence-corrected chi connectivity index (χ1v) is 6.35. The van der Waals surface area contributed by atoms with E-state index in [4.69, 9.17) is 4.74 Å². The average Bonchev–Trinajstić information content (AvgIpc) is 2.77. The molecule has 0 radical (unpaired) electrons. The molecule has 92 valence electrons. The number of rotatable bonds is 1. The highest BCUT2D eigenvalue weighted by Gasteiger charge is 2.34. The van der Waals surface area contributed by atoms with Gasteiger partial charge in [-0.2, -0.15) is 0 Å². The van der Waals surface area contributed by atoms with Gasteiger partial charge >= 0.3 is 0 Å². The molecule has 2 aliphatic heterocycles. The standard InChI is InChI=1S/C13H14N4O/c1-2-10-7-17(6-9(1)18-10)13-11-5-14-4-3-12(11)15-8-16-13/h3-5,8-10H,1-2,6-7H2. The van der Waals surface area contributed by atoms with Crippen LogP contribution in [0.1, 0.15) is 12.8 Å². The van der Waals surface area contributed by atoms with Gasteiger partial charge in [0, 0.05) is 25.5 Å². The SMILES string of the molecule is c1cc2ncnc(N3CC4CCC(C3)O4)c2cn1. The number of anilines is 1. The van der Waals surface area contributed by atoms with E-state index in [2.05, 4.69) is 19.9 Å². The Bertz CT molecular complexity index is 571. The molecule has 18 heavy (non-hydrogen) atoms. The van der Waals surface area contributed by atoms with Crippen molar-refractivity contribution in [2.24, 2.45) is 0 Å². The van der Waals surface area contributed by atoms with Gasteiger partial charge < -0.3 is 9.64 Å². The largest absolute Gasteiger partial charge is 0.371 e. The highest BCUT2D eigenvalue weighted by molar-refractivity contribution is 5.88. The molecule has 0 aliphatic carbocycles. The average molecular weight is 242 g/mol. The van der Waals surface area contributed by atoms with Crippen LogP contribution in [0.25, 0.3) is 10.9 Å². The van der Waals surface area contributed by atoms with Crippen LogP contribution >= 0.6 is 0 Å². The summed E-state index contributed by atoms with van der Waals surface area (Å²) in [6.45, 7) is 1.86. The molecule has 2 fully saturated rings. The molecule has 0 spiro atoms. The maximum atomic E-state index is 5.86. The van der Waals surface area contributed by atoms with Gasteiger partial charge in [0.25, 0.3) is 0 Å². The minimum Gasteiger partial charge on any atom is -0.371 e. The predicted octanol–water partition coefficient (Wildman–Crippen LogP) is 1.39. The predicted molar refractivity (Wildman–Crippen MR) is 67.4 cm³/mol. The van der Waals surface area contributed by atoms with Crippen molar-refractivity contribution >= 4 is 16.7 Å². The topological polar surface area (TPSA) is 51.1 Å². The van der Waals surface area contributed by atoms with E-state index >= 15 is 0 Å². The van der Waals surface area contributed by atoms with Crippen LogP contribution in [0.2, 0.25) is 0 Å². The van der Waals surface area contributed by atoms with E-state index in [-0.39, 0.29) is 0 Å². The van der Waals surface area contributed by atoms with E-state index in [1.807, 2.05) is 12.3 Å². The van der Waals surface area contributed by atoms with Crippen molar-refractivity contribution in [1.29, 1.82) is 0 Å². The van der Waals surface area contributed by atoms with Gasteiger partial charge in [-0.05, 0) is 18.9 Å². The van der Waals surface area contributed by atoms with Crippen LogP contribution < -0.4 is 4.90 Å². The van der Waals surface area contributed by atoms with Crippen molar-refractivity contribution < 1.29 is 4.74 Å². The number of fused-ring (bicyclic) bond motifs is 3. The smallest absolute Gasteiger partial charge is 0.141 e. The second-order valence-electron chi connectivity index (χ2n) is 4.95. The van der Waals surface area contributed by atoms with Gasteiger partial charge in [-0.25, -0.2) is 9.97 Å². The van der Waals surface area contributed by atoms with Crippen LogP contribution in [0.15, 0.2) is 24.8 Å². The molecule has 0 saturated carbocycles. The summed E-state index contributed by atoms with van der Waals surface area (Å²) in [4.78, 5) is 15.2. The molecule has 5 nitrogen and oxygen atoms in total. The van der Waals surface area contributed by atoms with Crippen LogP contribution in [0.4, 0.5) is 5.82 Å². The zero-order valence-corrected chi connectivity index (χ0v) is 9.99. The van der Waals surface area contributed by atoms with Crippen molar-refractivity contribution in [1.82, 2.24) is 15.0 Å². The maximum Gasteiger partial charge on any atom is 0.141 e. The Kier molecular flexibility index (Phi) is 2.20. The fourth-order valence-corrected chi connectivity index (χ4v) is 2.93. The third-order valence-electron chi connectivity index (χ3n) is 3.76. The first-order chi connectivity index (χ1) is 8.90. The minimum atomic E-state index is 0.366. The summed E-state index contributed by atoms with van der Waals surface area (Å²) >= 11 is 0. The number of pyridine rings is 1. The zero-order valence-electron chi connectivity index (χ0n) is 9.99. The Labute approximate surface area is 105 Å². The van der Waals surface area contributed by atoms with Crippen LogP contribution in [-0.2, 0) is 4.74 Å². The fraction of sp³-hybridized carbons (Fsp3) is 0.462. The molecule has 2 bridgehead atoms. The number of hydrogen-bond donors (Lipinski definition) is 0. The lowest BCUT2D eigenvalue weighted by atomic mass is 10.2. The summed E-state index contributed by atoms with van der Waals surface area (Å²) in [7, 11) is 0. The van der Waals surface area contributed by atoms with Crippen molar-refractivity contribution in [3.05, 3.63) is 24.8 Å². The highest BCUT2D eigenvalue weighted by atomic mass is 16.5. The van der Waals surface area contributed by atoms with Crippen molar-refractivity contribution in [2.45, 2.75) is 25.0 Å². The Morgan fingerprint density at radius 3 is 2.83 bits per heavy atom. The summed E-state index contributed by atoms with van der Waals surface area (Å²) in [5, 5.41) is 1.03. The Hall–Kier alpha value is -1.75. The molecule has 2 saturated heterocycles. The van der Waals surface area contributed by atoms with Gasteiger partial charge in [-0.15, -0.1) is 0 Å². The lowest BCUT2D eigenvalue weighted by Crippen LogP contribution is -2.43. The van der Waals surface area contributed by atoms with E-state index in [9.17, 15) is 0 Å². The molecule has 2 aromatic heterocycles. The maximum absolute atomic E-state index is 5.86. The molecule has 2 atom stereocenters. The number of hydrogen-bond acceptors (Lipinski definition) is 5. The summed E-state index contributed by atoms with van der Waals surface area (Å²) in [6.07, 6.45) is 8.32. The van der Waals surface area contributed by atoms with Gasteiger partial charge in [-0.1, -0.05) is 0 Å². The van der Waals surface area contributed by atoms with Gasteiger partial charge in [0.1, 0.15) is 12.1 Å². The molecule has 0 aromatic carbocycles. The van der Waals surface area contributed by atoms with Crippen molar-refractivity contribution in [3.8, 4) is 0 Å². The first-order valence-electron chi connectivity index (χ1n) is 6.35. The zero-order chi connectivity index (χ0) is 11.9. The van der Waals surface area contributed by atoms with E-state index in [0.29, 0.717) is 12.2 Å². The molecule has 0 amide bonds. The quantitative estimate of drug-likeness (QED) is 0.756. The Morgan fingerprint density at radius 1 is 1.17 bits per heavy atom. The number of nitrogens with zero attached hydrogens (tertiary/aromatic N) is 4. The Balaban J connectivity index is 1.78. The van der Waals surface area contributed by atoms with Gasteiger partial charge in [0.2, 0.25) is 0 Å². The molecule has 4 rings (SSSR count). The van der Waals surface area contributed by atoms with Crippen LogP contribution in [-0.4, -0.2) is 40.2 Å². The molecule has 0 N–H and O–H groups in total. The third kappa shape index (κ3) is 1.54. The van der Waals surface area contributed by atoms with Crippen LogP contribution in [0, 0.1) is 0 Å². The number of ether oxygens (including phenoxy) is 1. The van der Waals surface area contributed by atoms with Crippen LogP contribution in [0.3, 0.4) is 0 Å². The van der Waals surface area contributed by atoms with Gasteiger partial charge in [0.05, 0.1) is 23.1 Å². The third-order valence-corrected chi connectivity index (χ3v) is 3.76. The number of aromatic nitrogens is 3. The summed E-state index contributed by atoms with van der Waals surface area (Å²) in [5.41, 5.74) is 0.953. The molecule has 2 aromatic rings. The van der Waals surface area contributed by atoms with Gasteiger partial charge in [0.15, 0.2) is 0 Å². The fourth-order valence-electron chi connectivity index (χ4n) is 2.93. The summed E-state index contributed by atoms with van der Waals surface area (Å²) in [6, 6.07) is 1.93. The molecule has 4 heterocycles. The lowest BCUT2D eigenvalue weighted by Gasteiger charge is -2.33. The van der Waals surface area contributed by atoms with Crippen molar-refractivity contribution in [2.75, 3.05) is 18.0 Å². The van der Waals surface area contributed by atoms with E-state index in [0.717, 1.165) is 29.8 Å². The number of morpholine rings is 1. The second-order valence-corrected chi connectivity index (χ2v) is 4.95. The van der Waals surface area contributed by atoms with Crippen molar-refractivity contribution in [3.63, 3.8) is 0 Å². The Morgan fingerprint density at radius 2 is 2.00 bits per heavy atom. The summed E-state index contributed by atoms with van der Waals surface area (Å²) in [5.74, 6) is 0.994. The van der Waals surface area contributed by atoms with E-state index in [1.54, 1.807) is 12.5 Å². The molecule has 2 unspecified atom stereocenters.